The molecule has 0 radical (unpaired) electrons. The van der Waals surface area contributed by atoms with Crippen LogP contribution in [0.4, 0.5) is 0 Å². The quantitative estimate of drug-likeness (QED) is 0.562. The number of rotatable bonds is 1. The van der Waals surface area contributed by atoms with Crippen LogP contribution in [0.5, 0.6) is 0 Å². The van der Waals surface area contributed by atoms with Crippen LogP contribution in [-0.4, -0.2) is 6.29 Å². The molecule has 0 bridgehead atoms. The monoisotopic (exact) mass is 208 g/mol. The van der Waals surface area contributed by atoms with E-state index in [9.17, 15) is 4.79 Å². The molecular weight excluding hydrogens is 200 g/mol. The lowest BCUT2D eigenvalue weighted by Gasteiger charge is -1.98. The zero-order chi connectivity index (χ0) is 9.42. The Balaban J connectivity index is 2.92. The van der Waals surface area contributed by atoms with Crippen LogP contribution >= 0.6 is 24.0 Å². The van der Waals surface area contributed by atoms with E-state index in [2.05, 4.69) is 18.7 Å². The Morgan fingerprint density at radius 2 is 2.23 bits per heavy atom. The first-order valence-corrected chi connectivity index (χ1v) is 5.21. The van der Waals surface area contributed by atoms with Gasteiger partial charge in [0.1, 0.15) is 0 Å². The van der Waals surface area contributed by atoms with Crippen molar-refractivity contribution < 1.29 is 4.79 Å². The first-order valence-electron chi connectivity index (χ1n) is 3.88. The molecule has 2 rings (SSSR count). The van der Waals surface area contributed by atoms with Crippen molar-refractivity contribution in [1.82, 2.24) is 0 Å². The summed E-state index contributed by atoms with van der Waals surface area (Å²) >= 11 is 5.93. The van der Waals surface area contributed by atoms with E-state index in [1.807, 2.05) is 18.4 Å². The predicted molar refractivity (Wildman–Crippen MR) is 59.2 cm³/mol. The smallest absolute Gasteiger partial charge is 0.150 e. The van der Waals surface area contributed by atoms with Crippen LogP contribution in [0.2, 0.25) is 0 Å². The molecule has 1 heterocycles. The largest absolute Gasteiger partial charge is 0.298 e. The van der Waals surface area contributed by atoms with Crippen LogP contribution in [0.1, 0.15) is 15.9 Å². The molecular formula is C10H8OS2. The van der Waals surface area contributed by atoms with Crippen molar-refractivity contribution in [3.8, 4) is 0 Å². The average molecular weight is 208 g/mol. The minimum atomic E-state index is 0.737. The fraction of sp³-hybridized carbons (Fsp3) is 0.100. The topological polar surface area (TPSA) is 17.1 Å². The summed E-state index contributed by atoms with van der Waals surface area (Å²) in [4.78, 5) is 11.7. The summed E-state index contributed by atoms with van der Waals surface area (Å²) in [5.74, 6) is 0. The number of carbonyl (C=O) groups excluding carboxylic acids is 1. The lowest BCUT2D eigenvalue weighted by molar-refractivity contribution is 0.112. The van der Waals surface area contributed by atoms with Gasteiger partial charge in [-0.2, -0.15) is 0 Å². The molecule has 0 unspecified atom stereocenters. The molecule has 1 nitrogen and oxygen atoms in total. The Kier molecular flexibility index (Phi) is 2.14. The van der Waals surface area contributed by atoms with Crippen LogP contribution in [0.3, 0.4) is 0 Å². The molecule has 0 fully saturated rings. The van der Waals surface area contributed by atoms with E-state index in [1.165, 1.54) is 0 Å². The van der Waals surface area contributed by atoms with Crippen molar-refractivity contribution in [2.24, 2.45) is 0 Å². The van der Waals surface area contributed by atoms with Crippen LogP contribution < -0.4 is 0 Å². The molecule has 0 N–H and O–H groups in total. The van der Waals surface area contributed by atoms with Gasteiger partial charge in [0.25, 0.3) is 0 Å². The van der Waals surface area contributed by atoms with Gasteiger partial charge < -0.3 is 0 Å². The van der Waals surface area contributed by atoms with Crippen LogP contribution in [-0.2, 0) is 0 Å². The zero-order valence-electron chi connectivity index (χ0n) is 7.07. The van der Waals surface area contributed by atoms with Gasteiger partial charge in [-0.15, -0.1) is 24.0 Å². The van der Waals surface area contributed by atoms with Crippen LogP contribution in [0, 0.1) is 6.92 Å². The number of hydrogen-bond donors (Lipinski definition) is 1. The highest BCUT2D eigenvalue weighted by molar-refractivity contribution is 7.80. The summed E-state index contributed by atoms with van der Waals surface area (Å²) in [7, 11) is 0. The summed E-state index contributed by atoms with van der Waals surface area (Å²) in [5.41, 5.74) is 1.85. The third-order valence-corrected chi connectivity index (χ3v) is 3.41. The fourth-order valence-corrected chi connectivity index (χ4v) is 2.86. The Morgan fingerprint density at radius 3 is 2.92 bits per heavy atom. The molecule has 0 spiro atoms. The molecule has 0 aliphatic carbocycles. The van der Waals surface area contributed by atoms with E-state index in [-0.39, 0.29) is 0 Å². The van der Waals surface area contributed by atoms with Crippen molar-refractivity contribution in [1.29, 1.82) is 0 Å². The molecule has 0 aliphatic rings. The third kappa shape index (κ3) is 1.38. The number of aryl methyl sites for hydroxylation is 1. The minimum Gasteiger partial charge on any atom is -0.298 e. The van der Waals surface area contributed by atoms with E-state index >= 15 is 0 Å². The summed E-state index contributed by atoms with van der Waals surface area (Å²) in [6.45, 7) is 1.99. The van der Waals surface area contributed by atoms with Crippen molar-refractivity contribution in [2.75, 3.05) is 0 Å². The maximum absolute atomic E-state index is 10.8. The molecule has 66 valence electrons. The van der Waals surface area contributed by atoms with Gasteiger partial charge in [-0.25, -0.2) is 0 Å². The van der Waals surface area contributed by atoms with Crippen LogP contribution in [0.15, 0.2) is 22.4 Å². The second kappa shape index (κ2) is 3.16. The van der Waals surface area contributed by atoms with Gasteiger partial charge in [0.05, 0.1) is 0 Å². The summed E-state index contributed by atoms with van der Waals surface area (Å²) < 4.78 is 1.13. The normalized spacial score (nSPS) is 10.6. The van der Waals surface area contributed by atoms with Crippen LogP contribution in [0.25, 0.3) is 10.1 Å². The zero-order valence-corrected chi connectivity index (χ0v) is 8.78. The fourth-order valence-electron chi connectivity index (χ4n) is 1.42. The Labute approximate surface area is 85.8 Å². The third-order valence-electron chi connectivity index (χ3n) is 1.96. The van der Waals surface area contributed by atoms with Gasteiger partial charge in [0, 0.05) is 25.9 Å². The summed E-state index contributed by atoms with van der Waals surface area (Å²) in [6, 6.07) is 3.97. The van der Waals surface area contributed by atoms with E-state index in [0.29, 0.717) is 0 Å². The van der Waals surface area contributed by atoms with E-state index < -0.39 is 0 Å². The molecule has 0 atom stereocenters. The number of aldehydes is 1. The van der Waals surface area contributed by atoms with E-state index in [0.717, 1.165) is 32.4 Å². The Morgan fingerprint density at radius 1 is 1.46 bits per heavy atom. The summed E-state index contributed by atoms with van der Waals surface area (Å²) in [5, 5.41) is 2.94. The van der Waals surface area contributed by atoms with Gasteiger partial charge in [-0.1, -0.05) is 0 Å². The highest BCUT2D eigenvalue weighted by Crippen LogP contribution is 2.31. The lowest BCUT2D eigenvalue weighted by Crippen LogP contribution is -1.83. The van der Waals surface area contributed by atoms with Crippen molar-refractivity contribution >= 4 is 40.3 Å². The number of fused-ring (bicyclic) bond motifs is 1. The highest BCUT2D eigenvalue weighted by Gasteiger charge is 2.06. The molecule has 0 saturated heterocycles. The molecule has 2 aromatic rings. The van der Waals surface area contributed by atoms with E-state index in [1.54, 1.807) is 11.3 Å². The summed E-state index contributed by atoms with van der Waals surface area (Å²) in [6.07, 6.45) is 0.891. The molecule has 1 aromatic heterocycles. The minimum absolute atomic E-state index is 0.737. The van der Waals surface area contributed by atoms with Crippen molar-refractivity contribution in [2.45, 2.75) is 11.8 Å². The number of hydrogen-bond acceptors (Lipinski definition) is 3. The molecule has 13 heavy (non-hydrogen) atoms. The SMILES string of the molecule is Cc1cc(C=O)c2c(S)csc2c1. The number of thiophene rings is 1. The number of benzene rings is 1. The maximum Gasteiger partial charge on any atom is 0.150 e. The Bertz CT molecular complexity index is 471. The van der Waals surface area contributed by atoms with Gasteiger partial charge in [0.15, 0.2) is 6.29 Å². The molecule has 0 amide bonds. The van der Waals surface area contributed by atoms with E-state index in [4.69, 9.17) is 0 Å². The number of carbonyl (C=O) groups is 1. The van der Waals surface area contributed by atoms with Gasteiger partial charge in [0.2, 0.25) is 0 Å². The number of thiol groups is 1. The average Bonchev–Trinajstić information content (AvgIpc) is 2.46. The Hall–Kier alpha value is -0.800. The molecule has 0 saturated carbocycles. The lowest BCUT2D eigenvalue weighted by atomic mass is 10.1. The standard InChI is InChI=1S/C10H8OS2/c1-6-2-7(4-11)10-8(12)5-13-9(10)3-6/h2-5,12H,1H3. The highest BCUT2D eigenvalue weighted by atomic mass is 32.1. The van der Waals surface area contributed by atoms with Gasteiger partial charge in [-0.05, 0) is 24.6 Å². The maximum atomic E-state index is 10.8. The second-order valence-electron chi connectivity index (χ2n) is 2.97. The van der Waals surface area contributed by atoms with Gasteiger partial charge >= 0.3 is 0 Å². The first kappa shape index (κ1) is 8.78. The molecule has 1 aromatic carbocycles. The van der Waals surface area contributed by atoms with Crippen molar-refractivity contribution in [3.05, 3.63) is 28.6 Å². The second-order valence-corrected chi connectivity index (χ2v) is 4.36. The first-order chi connectivity index (χ1) is 6.22. The van der Waals surface area contributed by atoms with Crippen molar-refractivity contribution in [3.63, 3.8) is 0 Å². The molecule has 3 heteroatoms. The van der Waals surface area contributed by atoms with Gasteiger partial charge in [-0.3, -0.25) is 4.79 Å². The molecule has 0 aliphatic heterocycles. The predicted octanol–water partition coefficient (Wildman–Crippen LogP) is 3.31.